The van der Waals surface area contributed by atoms with Crippen molar-refractivity contribution in [3.05, 3.63) is 218 Å². The van der Waals surface area contributed by atoms with E-state index in [1.54, 1.807) is 0 Å². The van der Waals surface area contributed by atoms with Crippen molar-refractivity contribution in [3.63, 3.8) is 0 Å². The van der Waals surface area contributed by atoms with E-state index in [4.69, 9.17) is 19.4 Å². The Kier molecular flexibility index (Phi) is 8.15. The van der Waals surface area contributed by atoms with Crippen LogP contribution in [-0.2, 0) is 0 Å². The summed E-state index contributed by atoms with van der Waals surface area (Å²) in [6, 6.07) is 77.0. The van der Waals surface area contributed by atoms with Crippen LogP contribution in [0.5, 0.6) is 0 Å². The minimum atomic E-state index is 0.579. The average molecular weight is 817 g/mol. The van der Waals surface area contributed by atoms with Crippen molar-refractivity contribution < 1.29 is 4.42 Å². The van der Waals surface area contributed by atoms with Crippen molar-refractivity contribution >= 4 is 65.3 Å². The quantitative estimate of drug-likeness (QED) is 0.168. The highest BCUT2D eigenvalue weighted by Crippen LogP contribution is 2.42. The highest BCUT2D eigenvalue weighted by atomic mass is 16.3. The number of hydrogen-bond donors (Lipinski definition) is 0. The van der Waals surface area contributed by atoms with Crippen molar-refractivity contribution in [2.75, 3.05) is 0 Å². The van der Waals surface area contributed by atoms with Gasteiger partial charge in [0.25, 0.3) is 0 Å². The van der Waals surface area contributed by atoms with Crippen LogP contribution in [0.25, 0.3) is 127 Å². The van der Waals surface area contributed by atoms with Gasteiger partial charge in [-0.1, -0.05) is 170 Å². The van der Waals surface area contributed by atoms with Crippen LogP contribution in [0, 0.1) is 0 Å². The fourth-order valence-corrected chi connectivity index (χ4v) is 9.54. The minimum absolute atomic E-state index is 0.579. The average Bonchev–Trinajstić information content (AvgIpc) is 3.92. The Labute approximate surface area is 368 Å². The highest BCUT2D eigenvalue weighted by Gasteiger charge is 2.21. The lowest BCUT2D eigenvalue weighted by Crippen LogP contribution is -2.00. The van der Waals surface area contributed by atoms with Gasteiger partial charge in [-0.05, 0) is 92.3 Å². The predicted molar refractivity (Wildman–Crippen MR) is 264 cm³/mol. The summed E-state index contributed by atoms with van der Waals surface area (Å²) in [4.78, 5) is 15.6. The molecule has 0 bridgehead atoms. The Hall–Kier alpha value is -8.67. The second kappa shape index (κ2) is 14.5. The maximum atomic E-state index is 6.64. The van der Waals surface area contributed by atoms with Gasteiger partial charge in [0.1, 0.15) is 11.2 Å². The standard InChI is InChI=1S/C59H36N4O/c1-3-12-37(13-4-1)40-22-25-42(26-23-40)57-60-58(45-27-24-39-16-7-8-18-43(39)34-45)62-59(61-57)48-20-11-21-54-56(48)50-36-46(30-33-53(50)64-54)63-51-31-29-44(38-14-5-2-6-15-38)35-49(51)55-47-19-10-9-17-41(47)28-32-52(55)63/h1-36H. The van der Waals surface area contributed by atoms with Crippen molar-refractivity contribution in [3.8, 4) is 62.1 Å². The van der Waals surface area contributed by atoms with Crippen LogP contribution in [0.15, 0.2) is 223 Å². The van der Waals surface area contributed by atoms with Gasteiger partial charge in [0.2, 0.25) is 0 Å². The molecule has 0 saturated heterocycles. The van der Waals surface area contributed by atoms with Crippen molar-refractivity contribution in [2.24, 2.45) is 0 Å². The summed E-state index contributed by atoms with van der Waals surface area (Å²) < 4.78 is 9.03. The molecular weight excluding hydrogens is 781 g/mol. The van der Waals surface area contributed by atoms with Crippen molar-refractivity contribution in [2.45, 2.75) is 0 Å². The van der Waals surface area contributed by atoms with Gasteiger partial charge in [-0.25, -0.2) is 15.0 Å². The zero-order valence-corrected chi connectivity index (χ0v) is 34.5. The molecule has 3 heterocycles. The summed E-state index contributed by atoms with van der Waals surface area (Å²) in [7, 11) is 0. The highest BCUT2D eigenvalue weighted by molar-refractivity contribution is 6.22. The third kappa shape index (κ3) is 5.90. The Morgan fingerprint density at radius 1 is 0.312 bits per heavy atom. The summed E-state index contributed by atoms with van der Waals surface area (Å²) in [5.41, 5.74) is 12.3. The third-order valence-electron chi connectivity index (χ3n) is 12.6. The zero-order valence-electron chi connectivity index (χ0n) is 34.5. The van der Waals surface area contributed by atoms with E-state index >= 15 is 0 Å². The smallest absolute Gasteiger partial charge is 0.164 e. The molecule has 298 valence electrons. The first-order valence-corrected chi connectivity index (χ1v) is 21.6. The van der Waals surface area contributed by atoms with Crippen molar-refractivity contribution in [1.82, 2.24) is 19.5 Å². The molecular formula is C59H36N4O. The van der Waals surface area contributed by atoms with Gasteiger partial charge in [0.15, 0.2) is 17.5 Å². The molecule has 3 aromatic heterocycles. The van der Waals surface area contributed by atoms with Crippen LogP contribution < -0.4 is 0 Å². The van der Waals surface area contributed by atoms with E-state index in [1.165, 1.54) is 32.7 Å². The van der Waals surface area contributed by atoms with Gasteiger partial charge >= 0.3 is 0 Å². The lowest BCUT2D eigenvalue weighted by atomic mass is 10.0. The lowest BCUT2D eigenvalue weighted by molar-refractivity contribution is 0.669. The number of benzene rings is 10. The number of nitrogens with zero attached hydrogens (tertiary/aromatic N) is 4. The van der Waals surface area contributed by atoms with E-state index in [0.29, 0.717) is 17.5 Å². The monoisotopic (exact) mass is 816 g/mol. The van der Waals surface area contributed by atoms with E-state index in [0.717, 1.165) is 77.2 Å². The Morgan fingerprint density at radius 3 is 1.73 bits per heavy atom. The van der Waals surface area contributed by atoms with Gasteiger partial charge in [-0.15, -0.1) is 0 Å². The molecule has 0 N–H and O–H groups in total. The van der Waals surface area contributed by atoms with E-state index in [2.05, 4.69) is 205 Å². The Balaban J connectivity index is 1.02. The Morgan fingerprint density at radius 2 is 0.922 bits per heavy atom. The van der Waals surface area contributed by atoms with Gasteiger partial charge in [-0.2, -0.15) is 0 Å². The number of furan rings is 1. The van der Waals surface area contributed by atoms with E-state index < -0.39 is 0 Å². The molecule has 0 aliphatic carbocycles. The fraction of sp³-hybridized carbons (Fsp3) is 0. The van der Waals surface area contributed by atoms with Crippen LogP contribution in [0.1, 0.15) is 0 Å². The number of hydrogen-bond acceptors (Lipinski definition) is 4. The van der Waals surface area contributed by atoms with Crippen LogP contribution in [0.4, 0.5) is 0 Å². The maximum Gasteiger partial charge on any atom is 0.164 e. The molecule has 0 saturated carbocycles. The largest absolute Gasteiger partial charge is 0.456 e. The van der Waals surface area contributed by atoms with Gasteiger partial charge in [-0.3, -0.25) is 0 Å². The third-order valence-corrected chi connectivity index (χ3v) is 12.6. The molecule has 10 aromatic carbocycles. The molecule has 0 unspecified atom stereocenters. The summed E-state index contributed by atoms with van der Waals surface area (Å²) in [6.45, 7) is 0. The summed E-state index contributed by atoms with van der Waals surface area (Å²) in [6.07, 6.45) is 0. The normalized spacial score (nSPS) is 11.8. The fourth-order valence-electron chi connectivity index (χ4n) is 9.54. The molecule has 0 fully saturated rings. The van der Waals surface area contributed by atoms with E-state index in [9.17, 15) is 0 Å². The van der Waals surface area contributed by atoms with Crippen LogP contribution >= 0.6 is 0 Å². The predicted octanol–water partition coefficient (Wildman–Crippen LogP) is 15.5. The molecule has 13 aromatic rings. The number of aromatic nitrogens is 4. The SMILES string of the molecule is c1ccc(-c2ccc(-c3nc(-c4ccc5ccccc5c4)nc(-c4cccc5oc6ccc(-n7c8ccc(-c9ccccc9)cc8c8c9ccccc9ccc87)cc6c45)n3)cc2)cc1. The first-order valence-electron chi connectivity index (χ1n) is 21.6. The maximum absolute atomic E-state index is 6.64. The summed E-state index contributed by atoms with van der Waals surface area (Å²) in [5, 5.41) is 9.12. The zero-order chi connectivity index (χ0) is 42.1. The van der Waals surface area contributed by atoms with E-state index in [-0.39, 0.29) is 0 Å². The molecule has 5 heteroatoms. The number of fused-ring (bicyclic) bond motifs is 9. The molecule has 64 heavy (non-hydrogen) atoms. The summed E-state index contributed by atoms with van der Waals surface area (Å²) in [5.74, 6) is 1.79. The Bertz CT molecular complexity index is 3940. The van der Waals surface area contributed by atoms with E-state index in [1.807, 2.05) is 18.2 Å². The second-order valence-corrected chi connectivity index (χ2v) is 16.4. The molecule has 0 atom stereocenters. The first kappa shape index (κ1) is 36.0. The molecule has 13 rings (SSSR count). The van der Waals surface area contributed by atoms with Gasteiger partial charge in [0, 0.05) is 43.9 Å². The van der Waals surface area contributed by atoms with Gasteiger partial charge < -0.3 is 8.98 Å². The molecule has 0 spiro atoms. The number of rotatable bonds is 6. The van der Waals surface area contributed by atoms with Crippen LogP contribution in [0.2, 0.25) is 0 Å². The second-order valence-electron chi connectivity index (χ2n) is 16.4. The molecule has 0 radical (unpaired) electrons. The lowest BCUT2D eigenvalue weighted by Gasteiger charge is -2.11. The van der Waals surface area contributed by atoms with Crippen LogP contribution in [0.3, 0.4) is 0 Å². The van der Waals surface area contributed by atoms with Crippen LogP contribution in [-0.4, -0.2) is 19.5 Å². The summed E-state index contributed by atoms with van der Waals surface area (Å²) >= 11 is 0. The van der Waals surface area contributed by atoms with Crippen molar-refractivity contribution in [1.29, 1.82) is 0 Å². The molecule has 5 nitrogen and oxygen atoms in total. The molecule has 0 amide bonds. The first-order chi connectivity index (χ1) is 31.7. The molecule has 0 aliphatic rings. The minimum Gasteiger partial charge on any atom is -0.456 e. The topological polar surface area (TPSA) is 56.7 Å². The molecule has 0 aliphatic heterocycles. The van der Waals surface area contributed by atoms with Gasteiger partial charge in [0.05, 0.1) is 11.0 Å².